The molecule has 4 amide bonds. The molecule has 0 radical (unpaired) electrons. The molecule has 3 aromatic carbocycles. The number of fused-ring (bicyclic) bond motifs is 4. The first-order valence-corrected chi connectivity index (χ1v) is 18.9. The van der Waals surface area contributed by atoms with Crippen molar-refractivity contribution in [3.05, 3.63) is 99.8 Å². The van der Waals surface area contributed by atoms with Gasteiger partial charge in [-0.15, -0.1) is 23.2 Å². The number of nitrogens with zero attached hydrogens (tertiary/aromatic N) is 3. The number of phenolic OH excluding ortho intramolecular Hbond substituents is 1. The van der Waals surface area contributed by atoms with E-state index in [1.807, 2.05) is 24.3 Å². The number of ether oxygens (including phenoxy) is 1. The predicted molar refractivity (Wildman–Crippen MR) is 196 cm³/mol. The van der Waals surface area contributed by atoms with Crippen molar-refractivity contribution in [3.8, 4) is 11.5 Å². The van der Waals surface area contributed by atoms with Crippen LogP contribution in [0.5, 0.6) is 11.5 Å². The minimum atomic E-state index is -2.19. The van der Waals surface area contributed by atoms with Gasteiger partial charge in [0.1, 0.15) is 5.82 Å². The molecule has 3 aromatic rings. The molecule has 1 saturated carbocycles. The summed E-state index contributed by atoms with van der Waals surface area (Å²) in [4.78, 5) is 58.2. The van der Waals surface area contributed by atoms with Crippen LogP contribution in [0.25, 0.3) is 0 Å². The summed E-state index contributed by atoms with van der Waals surface area (Å²) in [5, 5.41) is 11.6. The summed E-state index contributed by atoms with van der Waals surface area (Å²) in [6, 6.07) is 17.9. The molecule has 6 unspecified atom stereocenters. The summed E-state index contributed by atoms with van der Waals surface area (Å²) >= 11 is 18.4. The lowest BCUT2D eigenvalue weighted by Gasteiger charge is -2.50. The molecule has 8 rings (SSSR count). The highest BCUT2D eigenvalue weighted by atomic mass is 79.9. The number of benzene rings is 3. The Hall–Kier alpha value is -3.77. The van der Waals surface area contributed by atoms with Gasteiger partial charge in [-0.1, -0.05) is 57.9 Å². The number of allylic oxidation sites excluding steroid dienone is 2. The minimum absolute atomic E-state index is 0.0763. The van der Waals surface area contributed by atoms with E-state index in [9.17, 15) is 28.7 Å². The van der Waals surface area contributed by atoms with Crippen molar-refractivity contribution in [2.24, 2.45) is 17.8 Å². The quantitative estimate of drug-likeness (QED) is 0.172. The predicted octanol–water partition coefficient (Wildman–Crippen LogP) is 6.53. The Balaban J connectivity index is 1.18. The van der Waals surface area contributed by atoms with Crippen LogP contribution < -0.4 is 9.64 Å². The lowest BCUT2D eigenvalue weighted by atomic mass is 9.56. The number of hydrogen-bond acceptors (Lipinski definition) is 7. The smallest absolute Gasteiger partial charge is 0.258 e. The summed E-state index contributed by atoms with van der Waals surface area (Å²) in [7, 11) is 1.38. The van der Waals surface area contributed by atoms with Gasteiger partial charge in [0.05, 0.1) is 24.6 Å². The second kappa shape index (κ2) is 13.0. The van der Waals surface area contributed by atoms with Gasteiger partial charge < -0.3 is 9.84 Å². The van der Waals surface area contributed by atoms with E-state index in [1.54, 1.807) is 12.1 Å². The average molecular weight is 812 g/mol. The SMILES string of the molecule is COc1cc(Br)cc(C2C3=CCC4C(=O)N(C5CCN(Cc6ccccc6)CC5)C(=O)C4C3CC3(Cl)C(=O)N(c4ccc(F)cc4)C(=O)C23Cl)c1O. The number of alkyl halides is 2. The number of anilines is 1. The minimum Gasteiger partial charge on any atom is -0.504 e. The highest BCUT2D eigenvalue weighted by molar-refractivity contribution is 9.10. The topological polar surface area (TPSA) is 107 Å². The Kier molecular flexibility index (Phi) is 8.79. The summed E-state index contributed by atoms with van der Waals surface area (Å²) in [5.74, 6) is -6.53. The van der Waals surface area contributed by atoms with Crippen molar-refractivity contribution in [2.75, 3.05) is 25.1 Å². The summed E-state index contributed by atoms with van der Waals surface area (Å²) < 4.78 is 19.9. The Bertz CT molecular complexity index is 2030. The van der Waals surface area contributed by atoms with Crippen molar-refractivity contribution in [1.29, 1.82) is 0 Å². The third-order valence-corrected chi connectivity index (χ3v) is 13.6. The Labute approximate surface area is 318 Å². The number of methoxy groups -OCH3 is 1. The van der Waals surface area contributed by atoms with Crippen molar-refractivity contribution in [1.82, 2.24) is 9.80 Å². The van der Waals surface area contributed by atoms with Crippen LogP contribution in [0, 0.1) is 23.6 Å². The van der Waals surface area contributed by atoms with E-state index in [-0.39, 0.29) is 53.4 Å². The summed E-state index contributed by atoms with van der Waals surface area (Å²) in [6.45, 7) is 2.23. The number of piperidine rings is 1. The molecule has 4 fully saturated rings. The van der Waals surface area contributed by atoms with Crippen LogP contribution in [0.4, 0.5) is 10.1 Å². The summed E-state index contributed by atoms with van der Waals surface area (Å²) in [5.41, 5.74) is 1.99. The zero-order valence-electron chi connectivity index (χ0n) is 28.1. The van der Waals surface area contributed by atoms with Crippen LogP contribution in [0.1, 0.15) is 42.7 Å². The number of hydrogen-bond donors (Lipinski definition) is 1. The van der Waals surface area contributed by atoms with E-state index in [0.717, 1.165) is 36.7 Å². The Morgan fingerprint density at radius 1 is 0.942 bits per heavy atom. The van der Waals surface area contributed by atoms with Crippen LogP contribution in [-0.4, -0.2) is 74.5 Å². The van der Waals surface area contributed by atoms with E-state index in [2.05, 4.69) is 33.0 Å². The van der Waals surface area contributed by atoms with E-state index in [0.29, 0.717) is 22.9 Å². The molecule has 0 spiro atoms. The Morgan fingerprint density at radius 2 is 1.63 bits per heavy atom. The van der Waals surface area contributed by atoms with Crippen molar-refractivity contribution < 1.29 is 33.4 Å². The molecule has 270 valence electrons. The molecule has 3 heterocycles. The van der Waals surface area contributed by atoms with Gasteiger partial charge in [0.25, 0.3) is 11.8 Å². The summed E-state index contributed by atoms with van der Waals surface area (Å²) in [6.07, 6.45) is 3.09. The molecular weight excluding hydrogens is 776 g/mol. The zero-order chi connectivity index (χ0) is 36.7. The molecule has 3 aliphatic heterocycles. The van der Waals surface area contributed by atoms with Crippen molar-refractivity contribution in [2.45, 2.75) is 53.9 Å². The van der Waals surface area contributed by atoms with E-state index < -0.39 is 51.1 Å². The van der Waals surface area contributed by atoms with Crippen LogP contribution in [0.3, 0.4) is 0 Å². The van der Waals surface area contributed by atoms with Crippen LogP contribution >= 0.6 is 39.1 Å². The van der Waals surface area contributed by atoms with Gasteiger partial charge in [-0.05, 0) is 73.6 Å². The molecular formula is C39H35BrCl2FN3O6. The van der Waals surface area contributed by atoms with Crippen LogP contribution in [0.2, 0.25) is 0 Å². The maximum Gasteiger partial charge on any atom is 0.258 e. The normalized spacial score (nSPS) is 30.7. The van der Waals surface area contributed by atoms with Gasteiger partial charge >= 0.3 is 0 Å². The highest BCUT2D eigenvalue weighted by Gasteiger charge is 2.77. The van der Waals surface area contributed by atoms with E-state index in [4.69, 9.17) is 27.9 Å². The molecule has 5 aliphatic rings. The first-order valence-electron chi connectivity index (χ1n) is 17.3. The number of carbonyl (C=O) groups is 4. The molecule has 0 bridgehead atoms. The van der Waals surface area contributed by atoms with Gasteiger partial charge in [-0.2, -0.15) is 0 Å². The molecule has 3 saturated heterocycles. The number of aromatic hydroxyl groups is 1. The molecule has 6 atom stereocenters. The van der Waals surface area contributed by atoms with Gasteiger partial charge in [0.2, 0.25) is 11.8 Å². The fourth-order valence-corrected chi connectivity index (χ4v) is 10.7. The molecule has 2 aliphatic carbocycles. The molecule has 1 N–H and O–H groups in total. The average Bonchev–Trinajstić information content (AvgIpc) is 3.48. The largest absolute Gasteiger partial charge is 0.504 e. The van der Waals surface area contributed by atoms with Gasteiger partial charge in [-0.3, -0.25) is 29.0 Å². The van der Waals surface area contributed by atoms with Gasteiger partial charge in [-0.25, -0.2) is 9.29 Å². The van der Waals surface area contributed by atoms with Crippen LogP contribution in [0.15, 0.2) is 82.9 Å². The second-order valence-corrected chi connectivity index (χ2v) is 16.5. The standard InChI is InChI=1S/C39H35BrCl2FN3O6/c1-52-30-18-22(40)17-28(33(30)47)32-26-11-12-27-31(35(49)45(34(27)48)25-13-15-44(16-14-25)20-21-5-3-2-4-6-21)29(26)19-38(41)36(50)46(37(51)39(32,38)42)24-9-7-23(43)8-10-24/h2-11,17-18,25,27,29,31-32,47H,12-16,19-20H2,1H3. The second-order valence-electron chi connectivity index (χ2n) is 14.3. The number of rotatable bonds is 6. The molecule has 0 aromatic heterocycles. The number of likely N-dealkylation sites (tertiary alicyclic amines) is 2. The highest BCUT2D eigenvalue weighted by Crippen LogP contribution is 2.67. The van der Waals surface area contributed by atoms with Gasteiger partial charge in [0.15, 0.2) is 21.2 Å². The van der Waals surface area contributed by atoms with Crippen molar-refractivity contribution >= 4 is 68.4 Å². The number of carbonyl (C=O) groups excluding carboxylic acids is 4. The lowest BCUT2D eigenvalue weighted by Crippen LogP contribution is -2.60. The maximum atomic E-state index is 14.6. The number of amides is 4. The van der Waals surface area contributed by atoms with Crippen LogP contribution in [-0.2, 0) is 25.7 Å². The number of phenols is 1. The van der Waals surface area contributed by atoms with E-state index in [1.165, 1.54) is 29.7 Å². The number of imide groups is 2. The lowest BCUT2D eigenvalue weighted by molar-refractivity contribution is -0.144. The fourth-order valence-electron chi connectivity index (χ4n) is 9.28. The molecule has 9 nitrogen and oxygen atoms in total. The monoisotopic (exact) mass is 809 g/mol. The fraction of sp³-hybridized carbons (Fsp3) is 0.385. The van der Waals surface area contributed by atoms with E-state index >= 15 is 0 Å². The van der Waals surface area contributed by atoms with Crippen molar-refractivity contribution in [3.63, 3.8) is 0 Å². The molecule has 52 heavy (non-hydrogen) atoms. The maximum absolute atomic E-state index is 14.6. The third kappa shape index (κ3) is 5.17. The first kappa shape index (κ1) is 35.3. The number of halogens is 4. The van der Waals surface area contributed by atoms with Gasteiger partial charge in [0, 0.05) is 41.6 Å². The molecule has 13 heteroatoms. The zero-order valence-corrected chi connectivity index (χ0v) is 31.2. The third-order valence-electron chi connectivity index (χ3n) is 11.7. The first-order chi connectivity index (χ1) is 24.9. The Morgan fingerprint density at radius 3 is 2.31 bits per heavy atom.